The first-order chi connectivity index (χ1) is 12.2. The average Bonchev–Trinajstić information content (AvgIpc) is 2.79. The van der Waals surface area contributed by atoms with Crippen molar-refractivity contribution in [3.63, 3.8) is 0 Å². The number of ketones is 1. The lowest BCUT2D eigenvalue weighted by Crippen LogP contribution is -2.41. The number of nitrogens with zero attached hydrogens (tertiary/aromatic N) is 1. The first-order valence-corrected chi connectivity index (χ1v) is 8.23. The Labute approximate surface area is 150 Å². The minimum atomic E-state index is -1.33. The van der Waals surface area contributed by atoms with Crippen LogP contribution in [0.25, 0.3) is 0 Å². The molecular formula is C20H19FN2O3. The third kappa shape index (κ3) is 2.98. The Balaban J connectivity index is 1.85. The summed E-state index contributed by atoms with van der Waals surface area (Å²) in [6.07, 6.45) is 0. The van der Waals surface area contributed by atoms with Crippen molar-refractivity contribution in [2.45, 2.75) is 26.3 Å². The molecule has 2 aromatic carbocycles. The highest BCUT2D eigenvalue weighted by Crippen LogP contribution is 2.29. The summed E-state index contributed by atoms with van der Waals surface area (Å²) in [6, 6.07) is 10.1. The van der Waals surface area contributed by atoms with Crippen LogP contribution < -0.4 is 5.32 Å². The number of carbonyl (C=O) groups is 3. The van der Waals surface area contributed by atoms with E-state index in [1.807, 2.05) is 26.0 Å². The average molecular weight is 354 g/mol. The number of aryl methyl sites for hydroxylation is 2. The van der Waals surface area contributed by atoms with Crippen molar-refractivity contribution in [3.05, 3.63) is 70.5 Å². The molecule has 0 aliphatic carbocycles. The number of Topliss-reactive ketones (excluding diaryl/α,β-unsaturated/α-hetero) is 1. The van der Waals surface area contributed by atoms with Gasteiger partial charge in [-0.2, -0.15) is 0 Å². The van der Waals surface area contributed by atoms with Crippen LogP contribution in [0.15, 0.2) is 42.5 Å². The predicted octanol–water partition coefficient (Wildman–Crippen LogP) is 3.09. The lowest BCUT2D eigenvalue weighted by molar-refractivity contribution is -0.130. The molecule has 134 valence electrons. The van der Waals surface area contributed by atoms with Gasteiger partial charge < -0.3 is 5.32 Å². The zero-order valence-corrected chi connectivity index (χ0v) is 14.8. The summed E-state index contributed by atoms with van der Waals surface area (Å²) in [5.74, 6) is -1.28. The fourth-order valence-corrected chi connectivity index (χ4v) is 3.17. The summed E-state index contributed by atoms with van der Waals surface area (Å²) in [5.41, 5.74) is 1.43. The maximum Gasteiger partial charge on any atom is 0.325 e. The van der Waals surface area contributed by atoms with E-state index in [1.54, 1.807) is 13.0 Å². The van der Waals surface area contributed by atoms with Crippen LogP contribution >= 0.6 is 0 Å². The van der Waals surface area contributed by atoms with Gasteiger partial charge in [0.1, 0.15) is 11.4 Å². The molecule has 1 aliphatic rings. The number of amides is 3. The molecule has 1 saturated heterocycles. The molecule has 26 heavy (non-hydrogen) atoms. The van der Waals surface area contributed by atoms with Crippen molar-refractivity contribution in [3.8, 4) is 0 Å². The van der Waals surface area contributed by atoms with E-state index in [9.17, 15) is 18.8 Å². The van der Waals surface area contributed by atoms with Crippen LogP contribution in [0.3, 0.4) is 0 Å². The van der Waals surface area contributed by atoms with E-state index in [-0.39, 0.29) is 12.3 Å². The van der Waals surface area contributed by atoms with Crippen molar-refractivity contribution < 1.29 is 18.8 Å². The maximum absolute atomic E-state index is 13.1. The number of urea groups is 1. The van der Waals surface area contributed by atoms with E-state index in [4.69, 9.17) is 0 Å². The molecule has 1 aliphatic heterocycles. The summed E-state index contributed by atoms with van der Waals surface area (Å²) < 4.78 is 13.1. The largest absolute Gasteiger partial charge is 0.325 e. The van der Waals surface area contributed by atoms with Gasteiger partial charge in [-0.3, -0.25) is 14.5 Å². The SMILES string of the molecule is Cc1ccc(C(=O)CN2C(=O)N[C@@](C)(c3ccc(F)cc3)C2=O)c(C)c1. The van der Waals surface area contributed by atoms with Gasteiger partial charge in [0.15, 0.2) is 5.78 Å². The zero-order chi connectivity index (χ0) is 19.1. The second-order valence-corrected chi connectivity index (χ2v) is 6.69. The zero-order valence-electron chi connectivity index (χ0n) is 14.8. The van der Waals surface area contributed by atoms with Crippen LogP contribution in [-0.4, -0.2) is 29.2 Å². The molecule has 0 bridgehead atoms. The first-order valence-electron chi connectivity index (χ1n) is 8.23. The molecule has 0 spiro atoms. The number of hydrogen-bond donors (Lipinski definition) is 1. The Morgan fingerprint density at radius 3 is 2.38 bits per heavy atom. The van der Waals surface area contributed by atoms with Crippen molar-refractivity contribution in [2.24, 2.45) is 0 Å². The van der Waals surface area contributed by atoms with Gasteiger partial charge in [-0.1, -0.05) is 35.9 Å². The van der Waals surface area contributed by atoms with Crippen LogP contribution in [-0.2, 0) is 10.3 Å². The van der Waals surface area contributed by atoms with Crippen molar-refractivity contribution >= 4 is 17.7 Å². The molecule has 6 heteroatoms. The van der Waals surface area contributed by atoms with Crippen LogP contribution in [0.4, 0.5) is 9.18 Å². The van der Waals surface area contributed by atoms with Gasteiger partial charge in [-0.15, -0.1) is 0 Å². The number of halogens is 1. The first kappa shape index (κ1) is 17.8. The molecule has 0 unspecified atom stereocenters. The molecule has 2 aromatic rings. The van der Waals surface area contributed by atoms with Gasteiger partial charge in [0, 0.05) is 5.56 Å². The highest BCUT2D eigenvalue weighted by molar-refractivity contribution is 6.11. The summed E-state index contributed by atoms with van der Waals surface area (Å²) in [5, 5.41) is 2.61. The molecule has 5 nitrogen and oxygen atoms in total. The van der Waals surface area contributed by atoms with E-state index in [0.29, 0.717) is 11.1 Å². The lowest BCUT2D eigenvalue weighted by atomic mass is 9.92. The quantitative estimate of drug-likeness (QED) is 0.678. The maximum atomic E-state index is 13.1. The van der Waals surface area contributed by atoms with E-state index < -0.39 is 23.3 Å². The lowest BCUT2D eigenvalue weighted by Gasteiger charge is -2.22. The summed E-state index contributed by atoms with van der Waals surface area (Å²) in [4.78, 5) is 38.6. The summed E-state index contributed by atoms with van der Waals surface area (Å²) in [6.45, 7) is 4.94. The monoisotopic (exact) mass is 354 g/mol. The minimum Gasteiger partial charge on any atom is -0.319 e. The van der Waals surface area contributed by atoms with Crippen LogP contribution in [0.1, 0.15) is 34.0 Å². The van der Waals surface area contributed by atoms with Crippen molar-refractivity contribution in [1.29, 1.82) is 0 Å². The van der Waals surface area contributed by atoms with Gasteiger partial charge in [0.2, 0.25) is 0 Å². The Hall–Kier alpha value is -3.02. The van der Waals surface area contributed by atoms with Crippen LogP contribution in [0.5, 0.6) is 0 Å². The molecule has 1 N–H and O–H groups in total. The number of imide groups is 1. The predicted molar refractivity (Wildman–Crippen MR) is 94.2 cm³/mol. The van der Waals surface area contributed by atoms with Crippen LogP contribution in [0.2, 0.25) is 0 Å². The Bertz CT molecular complexity index is 908. The Morgan fingerprint density at radius 2 is 1.77 bits per heavy atom. The highest BCUT2D eigenvalue weighted by atomic mass is 19.1. The number of rotatable bonds is 4. The molecule has 1 heterocycles. The summed E-state index contributed by atoms with van der Waals surface area (Å²) in [7, 11) is 0. The van der Waals surface area contributed by atoms with E-state index in [2.05, 4.69) is 5.32 Å². The molecule has 3 rings (SSSR count). The van der Waals surface area contributed by atoms with Gasteiger partial charge >= 0.3 is 6.03 Å². The number of nitrogens with one attached hydrogen (secondary N) is 1. The normalized spacial score (nSPS) is 19.6. The van der Waals surface area contributed by atoms with Crippen LogP contribution in [0, 0.1) is 19.7 Å². The Morgan fingerprint density at radius 1 is 1.12 bits per heavy atom. The Kier molecular flexibility index (Phi) is 4.36. The molecule has 0 radical (unpaired) electrons. The highest BCUT2D eigenvalue weighted by Gasteiger charge is 2.49. The molecule has 1 atom stereocenters. The fraction of sp³-hybridized carbons (Fsp3) is 0.250. The third-order valence-corrected chi connectivity index (χ3v) is 4.68. The topological polar surface area (TPSA) is 66.5 Å². The van der Waals surface area contributed by atoms with Gasteiger partial charge in [-0.25, -0.2) is 9.18 Å². The molecular weight excluding hydrogens is 335 g/mol. The molecule has 0 aromatic heterocycles. The van der Waals surface area contributed by atoms with Gasteiger partial charge in [0.05, 0.1) is 6.54 Å². The van der Waals surface area contributed by atoms with Crippen molar-refractivity contribution in [1.82, 2.24) is 10.2 Å². The molecule has 1 fully saturated rings. The standard InChI is InChI=1S/C20H19FN2O3/c1-12-4-9-16(13(2)10-12)17(24)11-23-18(25)20(3,22-19(23)26)14-5-7-15(21)8-6-14/h4-10H,11H2,1-3H3,(H,22,26)/t20-/m0/s1. The minimum absolute atomic E-state index is 0.311. The number of hydrogen-bond acceptors (Lipinski definition) is 3. The number of benzene rings is 2. The summed E-state index contributed by atoms with van der Waals surface area (Å²) >= 11 is 0. The van der Waals surface area contributed by atoms with E-state index in [1.165, 1.54) is 24.3 Å². The van der Waals surface area contributed by atoms with Gasteiger partial charge in [-0.05, 0) is 44.0 Å². The number of carbonyl (C=O) groups excluding carboxylic acids is 3. The fourth-order valence-electron chi connectivity index (χ4n) is 3.17. The van der Waals surface area contributed by atoms with E-state index >= 15 is 0 Å². The molecule has 0 saturated carbocycles. The molecule has 3 amide bonds. The van der Waals surface area contributed by atoms with E-state index in [0.717, 1.165) is 16.0 Å². The van der Waals surface area contributed by atoms with Crippen molar-refractivity contribution in [2.75, 3.05) is 6.54 Å². The second kappa shape index (κ2) is 6.37. The second-order valence-electron chi connectivity index (χ2n) is 6.69. The van der Waals surface area contributed by atoms with Gasteiger partial charge in [0.25, 0.3) is 5.91 Å². The smallest absolute Gasteiger partial charge is 0.319 e. The third-order valence-electron chi connectivity index (χ3n) is 4.68.